The van der Waals surface area contributed by atoms with Crippen LogP contribution in [-0.4, -0.2) is 33.7 Å². The lowest BCUT2D eigenvalue weighted by Gasteiger charge is -2.26. The Hall–Kier alpha value is -2.14. The van der Waals surface area contributed by atoms with Crippen molar-refractivity contribution in [1.29, 1.82) is 0 Å². The van der Waals surface area contributed by atoms with Crippen LogP contribution in [0.15, 0.2) is 30.3 Å². The Labute approximate surface area is 156 Å². The number of aryl methyl sites for hydroxylation is 3. The molecule has 140 valence electrons. The second-order valence-corrected chi connectivity index (χ2v) is 7.33. The quantitative estimate of drug-likeness (QED) is 0.831. The van der Waals surface area contributed by atoms with Crippen LogP contribution in [0.1, 0.15) is 48.2 Å². The molecule has 1 fully saturated rings. The monoisotopic (exact) mass is 354 g/mol. The van der Waals surface area contributed by atoms with Gasteiger partial charge in [-0.15, -0.1) is 0 Å². The molecule has 0 unspecified atom stereocenters. The number of rotatable bonds is 7. The topological polar surface area (TPSA) is 50.2 Å². The summed E-state index contributed by atoms with van der Waals surface area (Å²) >= 11 is 0. The first kappa shape index (κ1) is 18.6. The van der Waals surface area contributed by atoms with E-state index in [1.807, 2.05) is 24.6 Å². The maximum Gasteiger partial charge on any atom is 0.222 e. The minimum absolute atomic E-state index is 0.0648. The summed E-state index contributed by atoms with van der Waals surface area (Å²) in [5.74, 6) is 0.0648. The molecule has 5 heteroatoms. The first-order valence-corrected chi connectivity index (χ1v) is 9.68. The molecule has 5 nitrogen and oxygen atoms in total. The van der Waals surface area contributed by atoms with E-state index in [9.17, 15) is 4.79 Å². The van der Waals surface area contributed by atoms with E-state index in [-0.39, 0.29) is 5.91 Å². The third-order valence-corrected chi connectivity index (χ3v) is 5.02. The number of nitrogens with zero attached hydrogens (tertiary/aromatic N) is 3. The molecule has 0 saturated carbocycles. The molecule has 0 radical (unpaired) electrons. The molecule has 26 heavy (non-hydrogen) atoms. The molecule has 1 N–H and O–H groups in total. The van der Waals surface area contributed by atoms with Crippen LogP contribution >= 0.6 is 0 Å². The number of nitrogens with one attached hydrogen (secondary N) is 1. The molecule has 1 aromatic heterocycles. The Morgan fingerprint density at radius 2 is 1.77 bits per heavy atom. The van der Waals surface area contributed by atoms with Crippen LogP contribution in [0.4, 0.5) is 0 Å². The number of hydrogen-bond donors (Lipinski definition) is 1. The van der Waals surface area contributed by atoms with Crippen LogP contribution in [0.3, 0.4) is 0 Å². The van der Waals surface area contributed by atoms with Crippen LogP contribution in [0.2, 0.25) is 0 Å². The minimum atomic E-state index is 0.0648. The highest BCUT2D eigenvalue weighted by Crippen LogP contribution is 2.13. The Morgan fingerprint density at radius 1 is 1.08 bits per heavy atom. The van der Waals surface area contributed by atoms with E-state index in [1.165, 1.54) is 37.9 Å². The summed E-state index contributed by atoms with van der Waals surface area (Å²) in [7, 11) is 0. The number of amides is 1. The molecule has 0 aliphatic carbocycles. The van der Waals surface area contributed by atoms with Crippen LogP contribution in [0.5, 0.6) is 0 Å². The van der Waals surface area contributed by atoms with Gasteiger partial charge in [-0.3, -0.25) is 14.4 Å². The van der Waals surface area contributed by atoms with Gasteiger partial charge in [0.2, 0.25) is 5.91 Å². The number of hydrogen-bond acceptors (Lipinski definition) is 3. The van der Waals surface area contributed by atoms with Crippen LogP contribution < -0.4 is 5.32 Å². The van der Waals surface area contributed by atoms with Gasteiger partial charge >= 0.3 is 0 Å². The molecule has 1 aliphatic rings. The summed E-state index contributed by atoms with van der Waals surface area (Å²) < 4.78 is 1.89. The summed E-state index contributed by atoms with van der Waals surface area (Å²) in [5.41, 5.74) is 4.59. The van der Waals surface area contributed by atoms with Crippen molar-refractivity contribution in [2.75, 3.05) is 13.1 Å². The zero-order valence-corrected chi connectivity index (χ0v) is 16.0. The normalized spacial score (nSPS) is 15.2. The van der Waals surface area contributed by atoms with Crippen molar-refractivity contribution in [1.82, 2.24) is 20.0 Å². The van der Waals surface area contributed by atoms with Gasteiger partial charge in [0.25, 0.3) is 0 Å². The largest absolute Gasteiger partial charge is 0.352 e. The molecule has 0 spiro atoms. The Morgan fingerprint density at radius 3 is 2.42 bits per heavy atom. The number of carbonyl (C=O) groups is 1. The van der Waals surface area contributed by atoms with E-state index in [0.717, 1.165) is 23.5 Å². The van der Waals surface area contributed by atoms with Gasteiger partial charge in [-0.1, -0.05) is 30.7 Å². The van der Waals surface area contributed by atoms with E-state index in [4.69, 9.17) is 0 Å². The van der Waals surface area contributed by atoms with Crippen molar-refractivity contribution >= 4 is 5.91 Å². The van der Waals surface area contributed by atoms with E-state index in [2.05, 4.69) is 39.6 Å². The molecule has 2 aromatic rings. The molecule has 0 bridgehead atoms. The lowest BCUT2D eigenvalue weighted by Crippen LogP contribution is -2.29. The average molecular weight is 354 g/mol. The van der Waals surface area contributed by atoms with E-state index in [1.54, 1.807) is 0 Å². The molecule has 2 heterocycles. The average Bonchev–Trinajstić information content (AvgIpc) is 2.97. The summed E-state index contributed by atoms with van der Waals surface area (Å²) in [6.45, 7) is 8.66. The van der Waals surface area contributed by atoms with Crippen molar-refractivity contribution in [3.63, 3.8) is 0 Å². The summed E-state index contributed by atoms with van der Waals surface area (Å²) in [5, 5.41) is 7.40. The molecule has 1 saturated heterocycles. The second-order valence-electron chi connectivity index (χ2n) is 7.33. The van der Waals surface area contributed by atoms with E-state index >= 15 is 0 Å². The highest BCUT2D eigenvalue weighted by Gasteiger charge is 2.10. The lowest BCUT2D eigenvalue weighted by molar-refractivity contribution is -0.121. The van der Waals surface area contributed by atoms with E-state index < -0.39 is 0 Å². The molecule has 0 atom stereocenters. The lowest BCUT2D eigenvalue weighted by atomic mass is 10.1. The Kier molecular flexibility index (Phi) is 6.45. The molecular formula is C21H30N4O. The maximum absolute atomic E-state index is 12.1. The summed E-state index contributed by atoms with van der Waals surface area (Å²) in [4.78, 5) is 14.6. The van der Waals surface area contributed by atoms with Gasteiger partial charge in [0.1, 0.15) is 0 Å². The number of aromatic nitrogens is 2. The molecule has 1 aliphatic heterocycles. The van der Waals surface area contributed by atoms with Gasteiger partial charge in [-0.2, -0.15) is 5.10 Å². The highest BCUT2D eigenvalue weighted by atomic mass is 16.1. The third-order valence-electron chi connectivity index (χ3n) is 5.02. The number of likely N-dealkylation sites (tertiary alicyclic amines) is 1. The third kappa shape index (κ3) is 5.43. The molecule has 1 amide bonds. The maximum atomic E-state index is 12.1. The Balaban J connectivity index is 1.41. The first-order chi connectivity index (χ1) is 12.6. The summed E-state index contributed by atoms with van der Waals surface area (Å²) in [6, 6.07) is 10.7. The standard InChI is InChI=1S/C21H30N4O/c1-17-14-18(2)25(23-17)13-10-21(26)22-15-19-6-8-20(9-7-19)16-24-11-4-3-5-12-24/h6-9,14H,3-5,10-13,15-16H2,1-2H3,(H,22,26). The number of carbonyl (C=O) groups excluding carboxylic acids is 1. The number of benzene rings is 1. The van der Waals surface area contributed by atoms with Crippen LogP contribution in [0.25, 0.3) is 0 Å². The fourth-order valence-electron chi connectivity index (χ4n) is 3.54. The fraction of sp³-hybridized carbons (Fsp3) is 0.524. The molecular weight excluding hydrogens is 324 g/mol. The van der Waals surface area contributed by atoms with Gasteiger partial charge in [-0.05, 0) is 57.0 Å². The zero-order valence-electron chi connectivity index (χ0n) is 16.0. The van der Waals surface area contributed by atoms with Gasteiger partial charge in [0.15, 0.2) is 0 Å². The SMILES string of the molecule is Cc1cc(C)n(CCC(=O)NCc2ccc(CN3CCCCC3)cc2)n1. The van der Waals surface area contributed by atoms with Crippen LogP contribution in [0, 0.1) is 13.8 Å². The zero-order chi connectivity index (χ0) is 18.4. The smallest absolute Gasteiger partial charge is 0.222 e. The number of piperidine rings is 1. The minimum Gasteiger partial charge on any atom is -0.352 e. The molecule has 1 aromatic carbocycles. The first-order valence-electron chi connectivity index (χ1n) is 9.68. The predicted molar refractivity (Wildman–Crippen MR) is 104 cm³/mol. The van der Waals surface area contributed by atoms with Gasteiger partial charge in [-0.25, -0.2) is 0 Å². The van der Waals surface area contributed by atoms with E-state index in [0.29, 0.717) is 19.5 Å². The van der Waals surface area contributed by atoms with Crippen LogP contribution in [-0.2, 0) is 24.4 Å². The Bertz CT molecular complexity index is 714. The van der Waals surface area contributed by atoms with Crippen molar-refractivity contribution in [2.24, 2.45) is 0 Å². The van der Waals surface area contributed by atoms with Crippen molar-refractivity contribution < 1.29 is 4.79 Å². The van der Waals surface area contributed by atoms with Gasteiger partial charge < -0.3 is 5.32 Å². The van der Waals surface area contributed by atoms with Gasteiger partial charge in [0.05, 0.1) is 5.69 Å². The van der Waals surface area contributed by atoms with Gasteiger partial charge in [0, 0.05) is 31.7 Å². The van der Waals surface area contributed by atoms with Crippen molar-refractivity contribution in [3.05, 3.63) is 52.8 Å². The predicted octanol–water partition coefficient (Wildman–Crippen LogP) is 3.19. The summed E-state index contributed by atoms with van der Waals surface area (Å²) in [6.07, 6.45) is 4.47. The van der Waals surface area contributed by atoms with Crippen molar-refractivity contribution in [3.8, 4) is 0 Å². The fourth-order valence-corrected chi connectivity index (χ4v) is 3.54. The van der Waals surface area contributed by atoms with Crippen molar-refractivity contribution in [2.45, 2.75) is 59.2 Å². The highest BCUT2D eigenvalue weighted by molar-refractivity contribution is 5.75. The second kappa shape index (κ2) is 8.99. The molecule has 3 rings (SSSR count).